The van der Waals surface area contributed by atoms with Gasteiger partial charge < -0.3 is 14.3 Å². The zero-order valence-electron chi connectivity index (χ0n) is 10.7. The van der Waals surface area contributed by atoms with Crippen LogP contribution in [0.1, 0.15) is 10.4 Å². The number of ether oxygens (including phenoxy) is 1. The number of hydrogen-bond acceptors (Lipinski definition) is 4. The Morgan fingerprint density at radius 2 is 2.10 bits per heavy atom. The molecular weight excluding hydrogens is 258 g/mol. The van der Waals surface area contributed by atoms with Crippen molar-refractivity contribution in [2.45, 2.75) is 0 Å². The van der Waals surface area contributed by atoms with Crippen LogP contribution >= 0.6 is 0 Å². The molecule has 0 spiro atoms. The molecule has 0 aliphatic heterocycles. The van der Waals surface area contributed by atoms with Gasteiger partial charge in [-0.15, -0.1) is 0 Å². The predicted octanol–water partition coefficient (Wildman–Crippen LogP) is 3.20. The second-order valence-corrected chi connectivity index (χ2v) is 4.25. The van der Waals surface area contributed by atoms with Gasteiger partial charge in [0.2, 0.25) is 0 Å². The number of rotatable bonds is 3. The Hall–Kier alpha value is -2.82. The fourth-order valence-electron chi connectivity index (χ4n) is 1.97. The molecule has 0 aliphatic rings. The molecule has 3 aromatic rings. The molecule has 0 atom stereocenters. The zero-order valence-corrected chi connectivity index (χ0v) is 10.7. The lowest BCUT2D eigenvalue weighted by Crippen LogP contribution is -1.96. The molecular formula is C15H11NO4. The molecule has 0 unspecified atom stereocenters. The molecule has 0 amide bonds. The van der Waals surface area contributed by atoms with E-state index in [-0.39, 0.29) is 5.56 Å². The summed E-state index contributed by atoms with van der Waals surface area (Å²) in [5, 5.41) is 9.87. The molecule has 0 saturated heterocycles. The van der Waals surface area contributed by atoms with E-state index in [1.165, 1.54) is 18.3 Å². The Morgan fingerprint density at radius 1 is 1.25 bits per heavy atom. The summed E-state index contributed by atoms with van der Waals surface area (Å²) in [6.45, 7) is 0. The Balaban J connectivity index is 2.10. The van der Waals surface area contributed by atoms with E-state index in [2.05, 4.69) is 4.98 Å². The molecule has 0 fully saturated rings. The maximum atomic E-state index is 11.0. The summed E-state index contributed by atoms with van der Waals surface area (Å²) in [5.74, 6) is 0.264. The second kappa shape index (κ2) is 4.70. The number of carboxylic acid groups (broad SMARTS) is 1. The van der Waals surface area contributed by atoms with Gasteiger partial charge in [-0.25, -0.2) is 4.79 Å². The van der Waals surface area contributed by atoms with E-state index in [0.29, 0.717) is 17.0 Å². The van der Waals surface area contributed by atoms with Crippen molar-refractivity contribution in [1.29, 1.82) is 0 Å². The van der Waals surface area contributed by atoms with Gasteiger partial charge in [0, 0.05) is 11.6 Å². The quantitative estimate of drug-likeness (QED) is 0.790. The first kappa shape index (κ1) is 12.2. The average Bonchev–Trinajstić information content (AvgIpc) is 2.90. The highest BCUT2D eigenvalue weighted by atomic mass is 16.5. The first-order valence-corrected chi connectivity index (χ1v) is 5.94. The van der Waals surface area contributed by atoms with Crippen molar-refractivity contribution in [1.82, 2.24) is 4.98 Å². The normalized spacial score (nSPS) is 10.7. The minimum atomic E-state index is -0.994. The van der Waals surface area contributed by atoms with Crippen molar-refractivity contribution < 1.29 is 19.1 Å². The Kier molecular flexibility index (Phi) is 2.87. The van der Waals surface area contributed by atoms with Crippen LogP contribution in [0.4, 0.5) is 0 Å². The van der Waals surface area contributed by atoms with Gasteiger partial charge in [-0.1, -0.05) is 0 Å². The summed E-state index contributed by atoms with van der Waals surface area (Å²) >= 11 is 0. The highest BCUT2D eigenvalue weighted by molar-refractivity contribution is 5.89. The maximum Gasteiger partial charge on any atom is 0.335 e. The third kappa shape index (κ3) is 2.09. The lowest BCUT2D eigenvalue weighted by atomic mass is 10.2. The third-order valence-corrected chi connectivity index (χ3v) is 2.98. The smallest absolute Gasteiger partial charge is 0.335 e. The van der Waals surface area contributed by atoms with E-state index in [0.717, 1.165) is 11.1 Å². The largest absolute Gasteiger partial charge is 0.497 e. The summed E-state index contributed by atoms with van der Waals surface area (Å²) in [7, 11) is 1.60. The van der Waals surface area contributed by atoms with Crippen molar-refractivity contribution >= 4 is 16.9 Å². The number of pyridine rings is 1. The van der Waals surface area contributed by atoms with E-state index in [9.17, 15) is 4.79 Å². The van der Waals surface area contributed by atoms with Gasteiger partial charge in [0.15, 0.2) is 5.76 Å². The number of methoxy groups -OCH3 is 1. The molecule has 0 saturated carbocycles. The van der Waals surface area contributed by atoms with Crippen LogP contribution in [0.15, 0.2) is 47.0 Å². The van der Waals surface area contributed by atoms with Gasteiger partial charge in [0.05, 0.1) is 12.7 Å². The Morgan fingerprint density at radius 3 is 2.85 bits per heavy atom. The summed E-state index contributed by atoms with van der Waals surface area (Å²) in [5.41, 5.74) is 1.36. The molecule has 20 heavy (non-hydrogen) atoms. The van der Waals surface area contributed by atoms with Gasteiger partial charge in [0.25, 0.3) is 0 Å². The lowest BCUT2D eigenvalue weighted by Gasteiger charge is -1.97. The summed E-state index contributed by atoms with van der Waals surface area (Å²) in [4.78, 5) is 15.1. The fourth-order valence-corrected chi connectivity index (χ4v) is 1.97. The van der Waals surface area contributed by atoms with Crippen molar-refractivity contribution in [3.63, 3.8) is 0 Å². The number of aromatic carboxylic acids is 1. The van der Waals surface area contributed by atoms with Crippen LogP contribution in [0.3, 0.4) is 0 Å². The first-order valence-electron chi connectivity index (χ1n) is 5.94. The second-order valence-electron chi connectivity index (χ2n) is 4.25. The molecule has 2 aromatic heterocycles. The molecule has 1 N–H and O–H groups in total. The molecule has 5 nitrogen and oxygen atoms in total. The van der Waals surface area contributed by atoms with Crippen LogP contribution in [0.25, 0.3) is 22.4 Å². The Labute approximate surface area is 114 Å². The number of aromatic nitrogens is 1. The number of furan rings is 1. The molecule has 1 aromatic carbocycles. The minimum Gasteiger partial charge on any atom is -0.497 e. The first-order chi connectivity index (χ1) is 9.67. The van der Waals surface area contributed by atoms with E-state index in [1.54, 1.807) is 19.2 Å². The number of nitrogens with zero attached hydrogens (tertiary/aromatic N) is 1. The zero-order chi connectivity index (χ0) is 14.1. The van der Waals surface area contributed by atoms with Crippen LogP contribution in [-0.2, 0) is 0 Å². The number of hydrogen-bond donors (Lipinski definition) is 1. The third-order valence-electron chi connectivity index (χ3n) is 2.98. The lowest BCUT2D eigenvalue weighted by molar-refractivity contribution is 0.0697. The predicted molar refractivity (Wildman–Crippen MR) is 73.0 cm³/mol. The minimum absolute atomic E-state index is 0.174. The van der Waals surface area contributed by atoms with Crippen LogP contribution in [0.5, 0.6) is 5.75 Å². The average molecular weight is 269 g/mol. The highest BCUT2D eigenvalue weighted by Gasteiger charge is 2.11. The molecule has 3 rings (SSSR count). The fraction of sp³-hybridized carbons (Fsp3) is 0.0667. The number of carboxylic acids is 1. The molecule has 100 valence electrons. The van der Waals surface area contributed by atoms with Crippen LogP contribution in [0.2, 0.25) is 0 Å². The maximum absolute atomic E-state index is 11.0. The highest BCUT2D eigenvalue weighted by Crippen LogP contribution is 2.29. The molecule has 0 aliphatic carbocycles. The van der Waals surface area contributed by atoms with Crippen molar-refractivity contribution in [2.24, 2.45) is 0 Å². The topological polar surface area (TPSA) is 72.6 Å². The molecule has 0 radical (unpaired) electrons. The van der Waals surface area contributed by atoms with E-state index < -0.39 is 5.97 Å². The van der Waals surface area contributed by atoms with E-state index in [4.69, 9.17) is 14.3 Å². The molecule has 2 heterocycles. The summed E-state index contributed by atoms with van der Waals surface area (Å²) in [6.07, 6.45) is 1.45. The molecule has 0 bridgehead atoms. The Bertz CT molecular complexity index is 791. The van der Waals surface area contributed by atoms with Crippen molar-refractivity contribution in [3.8, 4) is 17.2 Å². The number of benzene rings is 1. The standard InChI is InChI=1S/C15H11NO4/c1-19-11-2-3-13-10(6-11)8-14(20-13)12-7-9(15(17)18)4-5-16-12/h2-8H,1H3,(H,17,18). The van der Waals surface area contributed by atoms with E-state index in [1.807, 2.05) is 12.1 Å². The van der Waals surface area contributed by atoms with Crippen molar-refractivity contribution in [2.75, 3.05) is 7.11 Å². The number of carbonyl (C=O) groups is 1. The SMILES string of the molecule is COc1ccc2oc(-c3cc(C(=O)O)ccn3)cc2c1. The van der Waals surface area contributed by atoms with Gasteiger partial charge >= 0.3 is 5.97 Å². The van der Waals surface area contributed by atoms with Gasteiger partial charge in [-0.2, -0.15) is 0 Å². The van der Waals surface area contributed by atoms with Crippen molar-refractivity contribution in [3.05, 3.63) is 48.2 Å². The summed E-state index contributed by atoms with van der Waals surface area (Å²) < 4.78 is 10.8. The van der Waals surface area contributed by atoms with Crippen LogP contribution < -0.4 is 4.74 Å². The van der Waals surface area contributed by atoms with Gasteiger partial charge in [-0.05, 0) is 36.4 Å². The van der Waals surface area contributed by atoms with Crippen LogP contribution in [-0.4, -0.2) is 23.2 Å². The molecule has 5 heteroatoms. The summed E-state index contributed by atoms with van der Waals surface area (Å²) in [6, 6.07) is 10.2. The van der Waals surface area contributed by atoms with E-state index >= 15 is 0 Å². The van der Waals surface area contributed by atoms with Gasteiger partial charge in [0.1, 0.15) is 17.0 Å². The van der Waals surface area contributed by atoms with Gasteiger partial charge in [-0.3, -0.25) is 4.98 Å². The number of fused-ring (bicyclic) bond motifs is 1. The monoisotopic (exact) mass is 269 g/mol. The van der Waals surface area contributed by atoms with Crippen LogP contribution in [0, 0.1) is 0 Å².